The molecule has 1 rings (SSSR count). The Balaban J connectivity index is 0.00000625. The van der Waals surface area contributed by atoms with E-state index in [4.69, 9.17) is 4.98 Å². The maximum absolute atomic E-state index is 4.71. The average Bonchev–Trinajstić information content (AvgIpc) is 2.98. The zero-order chi connectivity index (χ0) is 19.0. The largest absolute Gasteiger partial charge is 0.356 e. The monoisotopic (exact) mass is 495 g/mol. The van der Waals surface area contributed by atoms with E-state index in [0.29, 0.717) is 18.6 Å². The van der Waals surface area contributed by atoms with Crippen molar-refractivity contribution < 1.29 is 0 Å². The standard InChI is InChI=1S/C19H37N5S.HI/c1-14(2)24(15(3)4)11-9-10-21-18(20-8)22-12-17-23-16(13-25-17)19(5,6)7;/h13-15H,9-12H2,1-8H3,(H2,20,21,22);1H. The van der Waals surface area contributed by atoms with Gasteiger partial charge in [0.25, 0.3) is 0 Å². The van der Waals surface area contributed by atoms with Gasteiger partial charge < -0.3 is 10.6 Å². The van der Waals surface area contributed by atoms with Gasteiger partial charge in [-0.25, -0.2) is 4.98 Å². The van der Waals surface area contributed by atoms with Crippen molar-refractivity contribution in [2.45, 2.75) is 78.9 Å². The fourth-order valence-electron chi connectivity index (χ4n) is 2.70. The molecule has 1 aromatic heterocycles. The molecule has 0 fully saturated rings. The van der Waals surface area contributed by atoms with Gasteiger partial charge in [0.15, 0.2) is 5.96 Å². The van der Waals surface area contributed by atoms with Crippen LogP contribution in [-0.2, 0) is 12.0 Å². The second kappa shape index (κ2) is 12.1. The van der Waals surface area contributed by atoms with E-state index in [2.05, 4.69) is 74.4 Å². The van der Waals surface area contributed by atoms with Gasteiger partial charge in [0.2, 0.25) is 0 Å². The van der Waals surface area contributed by atoms with Crippen molar-refractivity contribution in [2.75, 3.05) is 20.1 Å². The molecule has 1 heterocycles. The number of aliphatic imine (C=N–C) groups is 1. The molecule has 152 valence electrons. The number of hydrogen-bond acceptors (Lipinski definition) is 4. The fourth-order valence-corrected chi connectivity index (χ4v) is 3.66. The number of nitrogens with one attached hydrogen (secondary N) is 2. The van der Waals surface area contributed by atoms with E-state index in [1.165, 1.54) is 0 Å². The van der Waals surface area contributed by atoms with Crippen LogP contribution in [0.5, 0.6) is 0 Å². The van der Waals surface area contributed by atoms with E-state index >= 15 is 0 Å². The molecule has 0 aliphatic carbocycles. The van der Waals surface area contributed by atoms with Crippen LogP contribution in [0.3, 0.4) is 0 Å². The molecule has 2 N–H and O–H groups in total. The van der Waals surface area contributed by atoms with Crippen molar-refractivity contribution in [1.29, 1.82) is 0 Å². The lowest BCUT2D eigenvalue weighted by Gasteiger charge is -2.30. The van der Waals surface area contributed by atoms with Gasteiger partial charge in [0.1, 0.15) is 5.01 Å². The first-order valence-electron chi connectivity index (χ1n) is 9.30. The molecule has 7 heteroatoms. The molecular formula is C19H38IN5S. The van der Waals surface area contributed by atoms with Crippen LogP contribution in [0.4, 0.5) is 0 Å². The predicted octanol–water partition coefficient (Wildman–Crippen LogP) is 4.23. The summed E-state index contributed by atoms with van der Waals surface area (Å²) < 4.78 is 0. The lowest BCUT2D eigenvalue weighted by atomic mass is 9.93. The van der Waals surface area contributed by atoms with Crippen LogP contribution >= 0.6 is 35.3 Å². The number of rotatable bonds is 8. The molecule has 5 nitrogen and oxygen atoms in total. The molecule has 0 spiro atoms. The number of aromatic nitrogens is 1. The van der Waals surface area contributed by atoms with Crippen LogP contribution in [0.15, 0.2) is 10.4 Å². The molecule has 0 saturated carbocycles. The van der Waals surface area contributed by atoms with E-state index in [1.807, 2.05) is 7.05 Å². The highest BCUT2D eigenvalue weighted by molar-refractivity contribution is 14.0. The minimum absolute atomic E-state index is 0. The molecule has 0 unspecified atom stereocenters. The van der Waals surface area contributed by atoms with Crippen LogP contribution in [0.2, 0.25) is 0 Å². The zero-order valence-electron chi connectivity index (χ0n) is 17.7. The Morgan fingerprint density at radius 1 is 1.19 bits per heavy atom. The van der Waals surface area contributed by atoms with Crippen molar-refractivity contribution in [3.8, 4) is 0 Å². The Hall–Kier alpha value is -0.410. The molecule has 0 bridgehead atoms. The normalized spacial score (nSPS) is 12.7. The van der Waals surface area contributed by atoms with Gasteiger partial charge in [0.05, 0.1) is 12.2 Å². The molecular weight excluding hydrogens is 457 g/mol. The highest BCUT2D eigenvalue weighted by atomic mass is 127. The predicted molar refractivity (Wildman–Crippen MR) is 126 cm³/mol. The fraction of sp³-hybridized carbons (Fsp3) is 0.789. The molecule has 0 saturated heterocycles. The first-order valence-corrected chi connectivity index (χ1v) is 10.2. The van der Waals surface area contributed by atoms with Gasteiger partial charge in [0, 0.05) is 43.0 Å². The summed E-state index contributed by atoms with van der Waals surface area (Å²) in [5, 5.41) is 10.0. The Morgan fingerprint density at radius 2 is 1.81 bits per heavy atom. The van der Waals surface area contributed by atoms with E-state index in [-0.39, 0.29) is 29.4 Å². The van der Waals surface area contributed by atoms with Gasteiger partial charge in [-0.15, -0.1) is 35.3 Å². The third-order valence-electron chi connectivity index (χ3n) is 4.16. The summed E-state index contributed by atoms with van der Waals surface area (Å²) in [7, 11) is 1.81. The maximum atomic E-state index is 4.71. The summed E-state index contributed by atoms with van der Waals surface area (Å²) >= 11 is 1.70. The topological polar surface area (TPSA) is 52.6 Å². The molecule has 0 radical (unpaired) electrons. The van der Waals surface area contributed by atoms with Crippen LogP contribution in [0, 0.1) is 0 Å². The summed E-state index contributed by atoms with van der Waals surface area (Å²) in [4.78, 5) is 11.5. The molecule has 0 amide bonds. The molecule has 0 aliphatic heterocycles. The number of halogens is 1. The van der Waals surface area contributed by atoms with Crippen LogP contribution in [0.1, 0.15) is 65.6 Å². The molecule has 0 aromatic carbocycles. The minimum atomic E-state index is 0. The van der Waals surface area contributed by atoms with Crippen molar-refractivity contribution in [1.82, 2.24) is 20.5 Å². The Labute approximate surface area is 181 Å². The quantitative estimate of drug-likeness (QED) is 0.245. The van der Waals surface area contributed by atoms with Crippen LogP contribution < -0.4 is 10.6 Å². The molecule has 1 aromatic rings. The molecule has 0 atom stereocenters. The van der Waals surface area contributed by atoms with E-state index in [1.54, 1.807) is 11.3 Å². The maximum Gasteiger partial charge on any atom is 0.191 e. The minimum Gasteiger partial charge on any atom is -0.356 e. The summed E-state index contributed by atoms with van der Waals surface area (Å²) in [5.41, 5.74) is 1.26. The first kappa shape index (κ1) is 25.6. The second-order valence-corrected chi connectivity index (χ2v) is 8.95. The third kappa shape index (κ3) is 8.99. The van der Waals surface area contributed by atoms with Gasteiger partial charge in [-0.05, 0) is 34.1 Å². The SMILES string of the molecule is CN=C(NCCCN(C(C)C)C(C)C)NCc1nc(C(C)(C)C)cs1.I. The summed E-state index contributed by atoms with van der Waals surface area (Å²) in [6, 6.07) is 1.17. The number of hydrogen-bond donors (Lipinski definition) is 2. The first-order chi connectivity index (χ1) is 11.6. The third-order valence-corrected chi connectivity index (χ3v) is 5.01. The number of nitrogens with zero attached hydrogens (tertiary/aromatic N) is 3. The van der Waals surface area contributed by atoms with Crippen molar-refractivity contribution in [2.24, 2.45) is 4.99 Å². The smallest absolute Gasteiger partial charge is 0.191 e. The highest BCUT2D eigenvalue weighted by Gasteiger charge is 2.17. The van der Waals surface area contributed by atoms with E-state index in [0.717, 1.165) is 36.2 Å². The van der Waals surface area contributed by atoms with Crippen molar-refractivity contribution >= 4 is 41.3 Å². The van der Waals surface area contributed by atoms with E-state index in [9.17, 15) is 0 Å². The van der Waals surface area contributed by atoms with Crippen molar-refractivity contribution in [3.05, 3.63) is 16.1 Å². The average molecular weight is 496 g/mol. The van der Waals surface area contributed by atoms with Crippen LogP contribution in [-0.4, -0.2) is 48.1 Å². The summed E-state index contributed by atoms with van der Waals surface area (Å²) in [6.45, 7) is 18.3. The Kier molecular flexibility index (Phi) is 11.9. The number of guanidine groups is 1. The lowest BCUT2D eigenvalue weighted by Crippen LogP contribution is -2.41. The molecule has 0 aliphatic rings. The summed E-state index contributed by atoms with van der Waals surface area (Å²) in [5.74, 6) is 0.841. The Morgan fingerprint density at radius 3 is 2.27 bits per heavy atom. The summed E-state index contributed by atoms with van der Waals surface area (Å²) in [6.07, 6.45) is 1.10. The highest BCUT2D eigenvalue weighted by Crippen LogP contribution is 2.23. The van der Waals surface area contributed by atoms with Gasteiger partial charge in [-0.3, -0.25) is 9.89 Å². The Bertz CT molecular complexity index is 526. The van der Waals surface area contributed by atoms with Gasteiger partial charge in [-0.1, -0.05) is 20.8 Å². The van der Waals surface area contributed by atoms with Gasteiger partial charge in [-0.2, -0.15) is 0 Å². The number of thiazole rings is 1. The van der Waals surface area contributed by atoms with Crippen LogP contribution in [0.25, 0.3) is 0 Å². The molecule has 26 heavy (non-hydrogen) atoms. The lowest BCUT2D eigenvalue weighted by molar-refractivity contribution is 0.173. The zero-order valence-corrected chi connectivity index (χ0v) is 20.9. The van der Waals surface area contributed by atoms with Crippen molar-refractivity contribution in [3.63, 3.8) is 0 Å². The van der Waals surface area contributed by atoms with E-state index < -0.39 is 0 Å². The van der Waals surface area contributed by atoms with Gasteiger partial charge >= 0.3 is 0 Å². The second-order valence-electron chi connectivity index (χ2n) is 8.01.